The molecule has 4 aromatic rings. The summed E-state index contributed by atoms with van der Waals surface area (Å²) in [5, 5.41) is 0.674. The molecule has 0 spiro atoms. The Hall–Kier alpha value is -3.24. The smallest absolute Gasteiger partial charge is 0.271 e. The van der Waals surface area contributed by atoms with E-state index in [2.05, 4.69) is 37.8 Å². The van der Waals surface area contributed by atoms with Gasteiger partial charge in [0.1, 0.15) is 5.69 Å². The molecule has 5 heteroatoms. The molecule has 0 unspecified atom stereocenters. The number of benzene rings is 2. The first-order chi connectivity index (χ1) is 14.5. The molecule has 4 nitrogen and oxygen atoms in total. The van der Waals surface area contributed by atoms with Crippen molar-refractivity contribution in [1.82, 2.24) is 9.47 Å². The molecule has 2 aromatic carbocycles. The highest BCUT2D eigenvalue weighted by Crippen LogP contribution is 2.24. The molecular weight excluding hydrogens is 396 g/mol. The molecule has 4 rings (SSSR count). The van der Waals surface area contributed by atoms with E-state index in [9.17, 15) is 4.79 Å². The number of rotatable bonds is 7. The Morgan fingerprint density at radius 3 is 2.50 bits per heavy atom. The van der Waals surface area contributed by atoms with Crippen LogP contribution in [-0.4, -0.2) is 21.9 Å². The molecule has 0 N–H and O–H groups in total. The predicted octanol–water partition coefficient (Wildman–Crippen LogP) is 6.07. The fraction of sp³-hybridized carbons (Fsp3) is 0.160. The van der Waals surface area contributed by atoms with Gasteiger partial charge in [-0.05, 0) is 30.2 Å². The van der Waals surface area contributed by atoms with E-state index in [1.165, 1.54) is 5.56 Å². The highest BCUT2D eigenvalue weighted by Gasteiger charge is 2.22. The lowest BCUT2D eigenvalue weighted by molar-refractivity contribution is 0.0752. The zero-order chi connectivity index (χ0) is 21.1. The summed E-state index contributed by atoms with van der Waals surface area (Å²) in [6, 6.07) is 19.6. The first kappa shape index (κ1) is 20.0. The van der Waals surface area contributed by atoms with Crippen molar-refractivity contribution in [2.75, 3.05) is 6.54 Å². The number of nitrogens with zero attached hydrogens (tertiary/aromatic N) is 2. The van der Waals surface area contributed by atoms with Crippen LogP contribution in [0.25, 0.3) is 11.1 Å². The summed E-state index contributed by atoms with van der Waals surface area (Å²) in [7, 11) is 0. The van der Waals surface area contributed by atoms with Crippen molar-refractivity contribution in [2.45, 2.75) is 20.0 Å². The Labute approximate surface area is 181 Å². The third kappa shape index (κ3) is 4.19. The Morgan fingerprint density at radius 2 is 1.80 bits per heavy atom. The number of amides is 1. The van der Waals surface area contributed by atoms with E-state index in [0.29, 0.717) is 35.9 Å². The van der Waals surface area contributed by atoms with Crippen LogP contribution in [0, 0.1) is 6.92 Å². The van der Waals surface area contributed by atoms with Crippen LogP contribution in [0.5, 0.6) is 0 Å². The fourth-order valence-electron chi connectivity index (χ4n) is 3.55. The van der Waals surface area contributed by atoms with Gasteiger partial charge < -0.3 is 13.9 Å². The van der Waals surface area contributed by atoms with Gasteiger partial charge in [0.05, 0.1) is 11.8 Å². The van der Waals surface area contributed by atoms with Crippen molar-refractivity contribution >= 4 is 28.6 Å². The summed E-state index contributed by atoms with van der Waals surface area (Å²) in [6.07, 6.45) is 3.39. The fourth-order valence-corrected chi connectivity index (χ4v) is 3.67. The van der Waals surface area contributed by atoms with E-state index in [-0.39, 0.29) is 5.91 Å². The number of fused-ring (bicyclic) bond motifs is 1. The van der Waals surface area contributed by atoms with Gasteiger partial charge >= 0.3 is 0 Å². The van der Waals surface area contributed by atoms with E-state index >= 15 is 0 Å². The topological polar surface area (TPSA) is 38.4 Å². The van der Waals surface area contributed by atoms with Crippen molar-refractivity contribution in [3.05, 3.63) is 107 Å². The number of furan rings is 1. The number of hydrogen-bond donors (Lipinski definition) is 0. The molecule has 0 atom stereocenters. The number of halogens is 1. The number of aromatic nitrogens is 1. The van der Waals surface area contributed by atoms with E-state index in [1.54, 1.807) is 17.2 Å². The van der Waals surface area contributed by atoms with Crippen LogP contribution in [0.4, 0.5) is 0 Å². The second-order valence-corrected chi connectivity index (χ2v) is 7.81. The zero-order valence-corrected chi connectivity index (χ0v) is 17.6. The molecule has 0 bridgehead atoms. The lowest BCUT2D eigenvalue weighted by atomic mass is 10.1. The van der Waals surface area contributed by atoms with Gasteiger partial charge in [-0.15, -0.1) is 6.58 Å². The van der Waals surface area contributed by atoms with E-state index in [4.69, 9.17) is 16.0 Å². The van der Waals surface area contributed by atoms with Crippen molar-refractivity contribution in [2.24, 2.45) is 0 Å². The zero-order valence-electron chi connectivity index (χ0n) is 16.8. The molecular formula is C25H23ClN2O2. The van der Waals surface area contributed by atoms with Crippen LogP contribution in [0.15, 0.2) is 84.0 Å². The summed E-state index contributed by atoms with van der Waals surface area (Å²) in [5.74, 6) is -0.0663. The Morgan fingerprint density at radius 1 is 1.10 bits per heavy atom. The third-order valence-corrected chi connectivity index (χ3v) is 5.38. The number of carbonyl (C=O) groups excluding carboxylic acids is 1. The van der Waals surface area contributed by atoms with Gasteiger partial charge in [0, 0.05) is 36.8 Å². The Kier molecular flexibility index (Phi) is 5.77. The molecule has 1 amide bonds. The second-order valence-electron chi connectivity index (χ2n) is 7.37. The van der Waals surface area contributed by atoms with E-state index < -0.39 is 0 Å². The Bertz CT molecular complexity index is 1170. The van der Waals surface area contributed by atoms with Crippen LogP contribution >= 0.6 is 11.6 Å². The van der Waals surface area contributed by atoms with Gasteiger partial charge in [-0.1, -0.05) is 59.6 Å². The molecule has 0 aliphatic carbocycles. The molecule has 152 valence electrons. The van der Waals surface area contributed by atoms with Gasteiger partial charge in [-0.25, -0.2) is 0 Å². The first-order valence-electron chi connectivity index (χ1n) is 9.82. The minimum atomic E-state index is -0.0663. The van der Waals surface area contributed by atoms with Crippen LogP contribution in [0.1, 0.15) is 27.2 Å². The summed E-state index contributed by atoms with van der Waals surface area (Å²) in [4.78, 5) is 15.3. The standard InChI is InChI=1S/C25H23ClN2O2/c1-3-13-27(16-19-8-10-21(26)11-9-19)25(29)23-15-24-22(12-14-30-24)28(23)17-20-6-4-18(2)5-7-20/h3-12,14-15H,1,13,16-17H2,2H3. The minimum absolute atomic E-state index is 0.0663. The van der Waals surface area contributed by atoms with Crippen molar-refractivity contribution in [1.29, 1.82) is 0 Å². The average molecular weight is 419 g/mol. The second kappa shape index (κ2) is 8.64. The van der Waals surface area contributed by atoms with Crippen molar-refractivity contribution < 1.29 is 9.21 Å². The molecule has 0 aliphatic rings. The van der Waals surface area contributed by atoms with Gasteiger partial charge in [-0.2, -0.15) is 0 Å². The normalized spacial score (nSPS) is 11.0. The monoisotopic (exact) mass is 418 g/mol. The maximum absolute atomic E-state index is 13.5. The van der Waals surface area contributed by atoms with Crippen LogP contribution < -0.4 is 0 Å². The quantitative estimate of drug-likeness (QED) is 0.341. The van der Waals surface area contributed by atoms with E-state index in [0.717, 1.165) is 16.6 Å². The lowest BCUT2D eigenvalue weighted by Gasteiger charge is -2.22. The van der Waals surface area contributed by atoms with Gasteiger partial charge in [0.15, 0.2) is 5.58 Å². The van der Waals surface area contributed by atoms with Gasteiger partial charge in [-0.3, -0.25) is 4.79 Å². The van der Waals surface area contributed by atoms with Crippen molar-refractivity contribution in [3.8, 4) is 0 Å². The van der Waals surface area contributed by atoms with Crippen molar-refractivity contribution in [3.63, 3.8) is 0 Å². The summed E-state index contributed by atoms with van der Waals surface area (Å²) in [6.45, 7) is 7.39. The molecule has 2 heterocycles. The molecule has 0 saturated carbocycles. The highest BCUT2D eigenvalue weighted by atomic mass is 35.5. The molecule has 0 aliphatic heterocycles. The van der Waals surface area contributed by atoms with Crippen LogP contribution in [-0.2, 0) is 13.1 Å². The molecule has 2 aromatic heterocycles. The lowest BCUT2D eigenvalue weighted by Crippen LogP contribution is -2.32. The summed E-state index contributed by atoms with van der Waals surface area (Å²) in [5.41, 5.74) is 5.55. The molecule has 0 saturated heterocycles. The van der Waals surface area contributed by atoms with E-state index in [1.807, 2.05) is 41.0 Å². The maximum Gasteiger partial charge on any atom is 0.271 e. The molecule has 30 heavy (non-hydrogen) atoms. The van der Waals surface area contributed by atoms with Gasteiger partial charge in [0.25, 0.3) is 5.91 Å². The Balaban J connectivity index is 1.68. The number of aryl methyl sites for hydroxylation is 1. The molecule has 0 radical (unpaired) electrons. The SMILES string of the molecule is C=CCN(Cc1ccc(Cl)cc1)C(=O)c1cc2occc2n1Cc1ccc(C)cc1. The number of carbonyl (C=O) groups is 1. The average Bonchev–Trinajstić information content (AvgIpc) is 3.33. The third-order valence-electron chi connectivity index (χ3n) is 5.13. The predicted molar refractivity (Wildman–Crippen MR) is 121 cm³/mol. The highest BCUT2D eigenvalue weighted by molar-refractivity contribution is 6.30. The van der Waals surface area contributed by atoms with Crippen LogP contribution in [0.3, 0.4) is 0 Å². The minimum Gasteiger partial charge on any atom is -0.463 e. The number of hydrogen-bond acceptors (Lipinski definition) is 2. The maximum atomic E-state index is 13.5. The molecule has 0 fully saturated rings. The van der Waals surface area contributed by atoms with Gasteiger partial charge in [0.2, 0.25) is 0 Å². The largest absolute Gasteiger partial charge is 0.463 e. The van der Waals surface area contributed by atoms with Crippen LogP contribution in [0.2, 0.25) is 5.02 Å². The summed E-state index contributed by atoms with van der Waals surface area (Å²) >= 11 is 6.00. The summed E-state index contributed by atoms with van der Waals surface area (Å²) < 4.78 is 7.61. The first-order valence-corrected chi connectivity index (χ1v) is 10.2.